The van der Waals surface area contributed by atoms with E-state index < -0.39 is 39.4 Å². The van der Waals surface area contributed by atoms with Crippen LogP contribution in [0.4, 0.5) is 5.69 Å². The maximum atomic E-state index is 13.0. The molecule has 7 N–H and O–H groups in total. The van der Waals surface area contributed by atoms with Crippen molar-refractivity contribution in [2.45, 2.75) is 29.8 Å². The normalized spacial score (nSPS) is 14.0. The van der Waals surface area contributed by atoms with E-state index in [1.165, 1.54) is 24.3 Å². The molecule has 33 heavy (non-hydrogen) atoms. The van der Waals surface area contributed by atoms with Gasteiger partial charge < -0.3 is 21.5 Å². The second-order valence-electron chi connectivity index (χ2n) is 7.43. The van der Waals surface area contributed by atoms with Crippen LogP contribution in [0.5, 0.6) is 0 Å². The standard InChI is InChI=1S/C21H26N4O6S2/c22-18(26)10-11-21(20(28)29,24-16-6-8-17(9-7-16)33(23,30)31)25-19(27)15(13-32)12-14-4-2-1-3-5-14/h1-9,15,24,32H,10-13H2,(H2,22,26)(H,25,27)(H,28,29)(H2,23,30,31)/t15?,21-/m0/s1. The van der Waals surface area contributed by atoms with Crippen LogP contribution in [0.1, 0.15) is 18.4 Å². The molecule has 12 heteroatoms. The molecule has 0 heterocycles. The number of aliphatic carboxylic acids is 1. The van der Waals surface area contributed by atoms with Gasteiger partial charge in [0.1, 0.15) is 0 Å². The maximum absolute atomic E-state index is 13.0. The Morgan fingerprint density at radius 2 is 1.67 bits per heavy atom. The highest BCUT2D eigenvalue weighted by molar-refractivity contribution is 7.89. The van der Waals surface area contributed by atoms with Crippen molar-refractivity contribution in [1.29, 1.82) is 0 Å². The molecule has 1 unspecified atom stereocenters. The Balaban J connectivity index is 2.34. The summed E-state index contributed by atoms with van der Waals surface area (Å²) in [4.78, 5) is 36.6. The average Bonchev–Trinajstić information content (AvgIpc) is 2.76. The Hall–Kier alpha value is -3.09. The van der Waals surface area contributed by atoms with Gasteiger partial charge in [-0.1, -0.05) is 30.3 Å². The van der Waals surface area contributed by atoms with Gasteiger partial charge in [0.2, 0.25) is 27.5 Å². The van der Waals surface area contributed by atoms with Crippen LogP contribution < -0.4 is 21.5 Å². The number of hydrogen-bond acceptors (Lipinski definition) is 7. The number of carboxylic acids is 1. The van der Waals surface area contributed by atoms with Crippen molar-refractivity contribution in [2.75, 3.05) is 11.1 Å². The van der Waals surface area contributed by atoms with Gasteiger partial charge >= 0.3 is 5.97 Å². The van der Waals surface area contributed by atoms with Crippen LogP contribution in [0, 0.1) is 5.92 Å². The predicted octanol–water partition coefficient (Wildman–Crippen LogP) is 0.697. The zero-order valence-corrected chi connectivity index (χ0v) is 19.3. The van der Waals surface area contributed by atoms with E-state index in [0.717, 1.165) is 5.56 Å². The summed E-state index contributed by atoms with van der Waals surface area (Å²) < 4.78 is 22.9. The summed E-state index contributed by atoms with van der Waals surface area (Å²) in [5, 5.41) is 20.3. The van der Waals surface area contributed by atoms with E-state index >= 15 is 0 Å². The van der Waals surface area contributed by atoms with Gasteiger partial charge in [0.25, 0.3) is 0 Å². The highest BCUT2D eigenvalue weighted by Gasteiger charge is 2.41. The molecule has 10 nitrogen and oxygen atoms in total. The molecule has 0 aliphatic carbocycles. The number of amides is 2. The lowest BCUT2D eigenvalue weighted by Gasteiger charge is -2.33. The molecule has 0 saturated heterocycles. The molecule has 0 aromatic heterocycles. The summed E-state index contributed by atoms with van der Waals surface area (Å²) in [7, 11) is -3.95. The molecular formula is C21H26N4O6S2. The van der Waals surface area contributed by atoms with Gasteiger partial charge in [-0.3, -0.25) is 9.59 Å². The number of primary sulfonamides is 1. The fourth-order valence-corrected chi connectivity index (χ4v) is 3.92. The third kappa shape index (κ3) is 7.48. The molecule has 2 rings (SSSR count). The van der Waals surface area contributed by atoms with Gasteiger partial charge in [0, 0.05) is 24.3 Å². The third-order valence-electron chi connectivity index (χ3n) is 4.90. The molecular weight excluding hydrogens is 468 g/mol. The van der Waals surface area contributed by atoms with E-state index in [0.29, 0.717) is 6.42 Å². The van der Waals surface area contributed by atoms with Crippen molar-refractivity contribution in [3.05, 3.63) is 60.2 Å². The largest absolute Gasteiger partial charge is 0.478 e. The van der Waals surface area contributed by atoms with Crippen molar-refractivity contribution in [3.63, 3.8) is 0 Å². The van der Waals surface area contributed by atoms with Crippen molar-refractivity contribution in [3.8, 4) is 0 Å². The third-order valence-corrected chi connectivity index (χ3v) is 6.27. The van der Waals surface area contributed by atoms with Crippen LogP contribution in [0.25, 0.3) is 0 Å². The van der Waals surface area contributed by atoms with Gasteiger partial charge in [0.05, 0.1) is 10.8 Å². The van der Waals surface area contributed by atoms with E-state index in [9.17, 15) is 27.9 Å². The Morgan fingerprint density at radius 3 is 2.15 bits per heavy atom. The topological polar surface area (TPSA) is 182 Å². The van der Waals surface area contributed by atoms with Crippen LogP contribution in [0.15, 0.2) is 59.5 Å². The maximum Gasteiger partial charge on any atom is 0.350 e. The fourth-order valence-electron chi connectivity index (χ4n) is 3.11. The number of carbonyl (C=O) groups is 3. The molecule has 2 atom stereocenters. The number of sulfonamides is 1. The molecule has 2 aromatic carbocycles. The average molecular weight is 495 g/mol. The smallest absolute Gasteiger partial charge is 0.350 e. The number of carboxylic acid groups (broad SMARTS) is 1. The van der Waals surface area contributed by atoms with Crippen LogP contribution >= 0.6 is 12.6 Å². The minimum Gasteiger partial charge on any atom is -0.478 e. The van der Waals surface area contributed by atoms with E-state index in [2.05, 4.69) is 23.3 Å². The summed E-state index contributed by atoms with van der Waals surface area (Å²) in [6, 6.07) is 14.1. The Labute approximate surface area is 197 Å². The molecule has 0 aliphatic heterocycles. The second kappa shape index (κ2) is 11.2. The lowest BCUT2D eigenvalue weighted by molar-refractivity contribution is -0.147. The van der Waals surface area contributed by atoms with Gasteiger partial charge in [-0.2, -0.15) is 12.6 Å². The number of carbonyl (C=O) groups excluding carboxylic acids is 2. The van der Waals surface area contributed by atoms with E-state index in [1.54, 1.807) is 0 Å². The number of hydrogen-bond donors (Lipinski definition) is 6. The lowest BCUT2D eigenvalue weighted by Crippen LogP contribution is -2.61. The first-order chi connectivity index (χ1) is 15.5. The quantitative estimate of drug-likeness (QED) is 0.185. The number of anilines is 1. The lowest BCUT2D eigenvalue weighted by atomic mass is 9.97. The molecule has 0 radical (unpaired) electrons. The minimum atomic E-state index is -3.95. The number of primary amides is 1. The first-order valence-electron chi connectivity index (χ1n) is 9.86. The van der Waals surface area contributed by atoms with E-state index in [-0.39, 0.29) is 29.2 Å². The summed E-state index contributed by atoms with van der Waals surface area (Å²) in [6.45, 7) is 0. The van der Waals surface area contributed by atoms with Gasteiger partial charge in [-0.15, -0.1) is 0 Å². The van der Waals surface area contributed by atoms with Gasteiger partial charge in [0.15, 0.2) is 0 Å². The summed E-state index contributed by atoms with van der Waals surface area (Å²) in [5.41, 5.74) is 4.18. The zero-order chi connectivity index (χ0) is 24.6. The first-order valence-corrected chi connectivity index (χ1v) is 12.0. The number of rotatable bonds is 12. The minimum absolute atomic E-state index is 0.148. The van der Waals surface area contributed by atoms with Crippen LogP contribution in [-0.4, -0.2) is 42.7 Å². The monoisotopic (exact) mass is 494 g/mol. The number of nitrogens with one attached hydrogen (secondary N) is 2. The second-order valence-corrected chi connectivity index (χ2v) is 9.36. The number of thiol groups is 1. The molecule has 0 aliphatic rings. The summed E-state index contributed by atoms with van der Waals surface area (Å²) >= 11 is 4.24. The first kappa shape index (κ1) is 26.2. The highest BCUT2D eigenvalue weighted by atomic mass is 32.2. The van der Waals surface area contributed by atoms with Crippen molar-refractivity contribution in [1.82, 2.24) is 5.32 Å². The molecule has 2 amide bonds. The Kier molecular flexibility index (Phi) is 8.85. The van der Waals surface area contributed by atoms with Crippen molar-refractivity contribution in [2.24, 2.45) is 16.8 Å². The fraction of sp³-hybridized carbons (Fsp3) is 0.286. The predicted molar refractivity (Wildman–Crippen MR) is 126 cm³/mol. The summed E-state index contributed by atoms with van der Waals surface area (Å²) in [6.07, 6.45) is -0.366. The molecule has 2 aromatic rings. The summed E-state index contributed by atoms with van der Waals surface area (Å²) in [5.74, 6) is -3.31. The van der Waals surface area contributed by atoms with E-state index in [4.69, 9.17) is 10.9 Å². The molecule has 0 fully saturated rings. The van der Waals surface area contributed by atoms with Gasteiger partial charge in [-0.25, -0.2) is 18.4 Å². The van der Waals surface area contributed by atoms with Crippen molar-refractivity contribution < 1.29 is 27.9 Å². The SMILES string of the molecule is NC(=O)CC[C@@](NC(=O)C(CS)Cc1ccccc1)(Nc1ccc(S(N)(=O)=O)cc1)C(=O)O. The number of benzene rings is 2. The van der Waals surface area contributed by atoms with Gasteiger partial charge in [-0.05, 0) is 36.2 Å². The zero-order valence-electron chi connectivity index (χ0n) is 17.6. The van der Waals surface area contributed by atoms with E-state index in [1.807, 2.05) is 30.3 Å². The molecule has 178 valence electrons. The Bertz CT molecular complexity index is 1090. The van der Waals surface area contributed by atoms with Crippen LogP contribution in [0.2, 0.25) is 0 Å². The number of nitrogens with two attached hydrogens (primary N) is 2. The molecule has 0 spiro atoms. The Morgan fingerprint density at radius 1 is 1.06 bits per heavy atom. The molecule has 0 saturated carbocycles. The van der Waals surface area contributed by atoms with Crippen LogP contribution in [-0.2, 0) is 30.8 Å². The van der Waals surface area contributed by atoms with Crippen molar-refractivity contribution >= 4 is 46.1 Å². The van der Waals surface area contributed by atoms with Crippen LogP contribution in [0.3, 0.4) is 0 Å². The highest BCUT2D eigenvalue weighted by Crippen LogP contribution is 2.22. The molecule has 0 bridgehead atoms.